The van der Waals surface area contributed by atoms with Crippen LogP contribution in [0.4, 0.5) is 5.69 Å². The molecule has 5 nitrogen and oxygen atoms in total. The van der Waals surface area contributed by atoms with E-state index < -0.39 is 10.0 Å². The third-order valence-electron chi connectivity index (χ3n) is 5.18. The number of anilines is 1. The average molecular weight is 503 g/mol. The van der Waals surface area contributed by atoms with Crippen LogP contribution in [0.5, 0.6) is 0 Å². The lowest BCUT2D eigenvalue weighted by atomic mass is 10.1. The molecule has 174 valence electrons. The predicted molar refractivity (Wildman–Crippen MR) is 137 cm³/mol. The molecule has 0 bridgehead atoms. The van der Waals surface area contributed by atoms with E-state index in [0.29, 0.717) is 23.0 Å². The molecule has 0 aromatic heterocycles. The van der Waals surface area contributed by atoms with Gasteiger partial charge < -0.3 is 5.32 Å². The van der Waals surface area contributed by atoms with Gasteiger partial charge in [-0.2, -0.15) is 0 Å². The molecule has 0 aliphatic heterocycles. The van der Waals surface area contributed by atoms with Crippen LogP contribution in [0, 0.1) is 20.8 Å². The first-order valence-electron chi connectivity index (χ1n) is 10.5. The van der Waals surface area contributed by atoms with Gasteiger partial charge in [0.2, 0.25) is 5.91 Å². The summed E-state index contributed by atoms with van der Waals surface area (Å²) in [6.45, 7) is 6.01. The second-order valence-electron chi connectivity index (χ2n) is 7.75. The van der Waals surface area contributed by atoms with Gasteiger partial charge in [-0.25, -0.2) is 8.42 Å². The zero-order valence-corrected chi connectivity index (χ0v) is 21.2. The normalized spacial score (nSPS) is 11.3. The second-order valence-corrected chi connectivity index (χ2v) is 11.2. The highest BCUT2D eigenvalue weighted by Crippen LogP contribution is 2.26. The average Bonchev–Trinajstić information content (AvgIpc) is 2.78. The van der Waals surface area contributed by atoms with Crippen molar-refractivity contribution in [3.05, 3.63) is 88.4 Å². The molecule has 0 aliphatic rings. The van der Waals surface area contributed by atoms with Gasteiger partial charge in [0, 0.05) is 22.2 Å². The number of thioether (sulfide) groups is 1. The van der Waals surface area contributed by atoms with Crippen molar-refractivity contribution in [2.24, 2.45) is 0 Å². The molecule has 1 N–H and O–H groups in total. The number of sulfonamides is 1. The standard InChI is InChI=1S/C25H27ClN2O3S2/c1-18-4-10-23(11-5-18)32-15-14-27-25(29)17-28(22-9-6-19(2)20(3)16-22)33(30,31)24-12-7-21(26)8-13-24/h4-13,16H,14-15,17H2,1-3H3,(H,27,29). The van der Waals surface area contributed by atoms with Crippen LogP contribution in [0.1, 0.15) is 16.7 Å². The fourth-order valence-electron chi connectivity index (χ4n) is 3.11. The van der Waals surface area contributed by atoms with Crippen LogP contribution in [0.2, 0.25) is 5.02 Å². The van der Waals surface area contributed by atoms with Crippen molar-refractivity contribution in [2.75, 3.05) is 23.1 Å². The lowest BCUT2D eigenvalue weighted by Crippen LogP contribution is -2.41. The molecule has 0 saturated carbocycles. The Labute approximate surface area is 205 Å². The number of carbonyl (C=O) groups excluding carboxylic acids is 1. The van der Waals surface area contributed by atoms with Crippen LogP contribution in [0.25, 0.3) is 0 Å². The quantitative estimate of drug-likeness (QED) is 0.315. The van der Waals surface area contributed by atoms with Crippen LogP contribution < -0.4 is 9.62 Å². The number of carbonyl (C=O) groups is 1. The van der Waals surface area contributed by atoms with E-state index in [-0.39, 0.29) is 17.3 Å². The Morgan fingerprint density at radius 3 is 2.24 bits per heavy atom. The van der Waals surface area contributed by atoms with Gasteiger partial charge in [0.05, 0.1) is 10.6 Å². The lowest BCUT2D eigenvalue weighted by Gasteiger charge is -2.25. The van der Waals surface area contributed by atoms with E-state index in [2.05, 4.69) is 5.32 Å². The fraction of sp³-hybridized carbons (Fsp3) is 0.240. The molecular weight excluding hydrogens is 476 g/mol. The highest BCUT2D eigenvalue weighted by Gasteiger charge is 2.27. The Morgan fingerprint density at radius 2 is 1.61 bits per heavy atom. The van der Waals surface area contributed by atoms with E-state index >= 15 is 0 Å². The van der Waals surface area contributed by atoms with Crippen LogP contribution in [-0.4, -0.2) is 33.2 Å². The summed E-state index contributed by atoms with van der Waals surface area (Å²) in [5.41, 5.74) is 3.62. The van der Waals surface area contributed by atoms with E-state index in [4.69, 9.17) is 11.6 Å². The zero-order chi connectivity index (χ0) is 24.0. The largest absolute Gasteiger partial charge is 0.354 e. The molecule has 0 fully saturated rings. The lowest BCUT2D eigenvalue weighted by molar-refractivity contribution is -0.119. The topological polar surface area (TPSA) is 66.5 Å². The number of hydrogen-bond acceptors (Lipinski definition) is 4. The third-order valence-corrected chi connectivity index (χ3v) is 8.24. The Hall–Kier alpha value is -2.48. The van der Waals surface area contributed by atoms with Crippen molar-refractivity contribution in [1.82, 2.24) is 5.32 Å². The van der Waals surface area contributed by atoms with Gasteiger partial charge in [-0.05, 0) is 80.4 Å². The molecule has 0 radical (unpaired) electrons. The molecule has 1 amide bonds. The van der Waals surface area contributed by atoms with Crippen LogP contribution in [-0.2, 0) is 14.8 Å². The first-order chi connectivity index (χ1) is 15.7. The van der Waals surface area contributed by atoms with Gasteiger partial charge in [0.1, 0.15) is 6.54 Å². The third kappa shape index (κ3) is 6.76. The number of amides is 1. The summed E-state index contributed by atoms with van der Waals surface area (Å²) in [5, 5.41) is 3.28. The molecule has 0 saturated heterocycles. The maximum Gasteiger partial charge on any atom is 0.264 e. The number of nitrogens with one attached hydrogen (secondary N) is 1. The van der Waals surface area contributed by atoms with E-state index in [1.54, 1.807) is 23.9 Å². The minimum Gasteiger partial charge on any atom is -0.354 e. The first-order valence-corrected chi connectivity index (χ1v) is 13.3. The summed E-state index contributed by atoms with van der Waals surface area (Å²) >= 11 is 7.56. The molecule has 0 atom stereocenters. The SMILES string of the molecule is Cc1ccc(SCCNC(=O)CN(c2ccc(C)c(C)c2)S(=O)(=O)c2ccc(Cl)cc2)cc1. The number of rotatable bonds is 9. The number of nitrogens with zero attached hydrogens (tertiary/aromatic N) is 1. The van der Waals surface area contributed by atoms with E-state index in [9.17, 15) is 13.2 Å². The maximum atomic E-state index is 13.4. The zero-order valence-electron chi connectivity index (χ0n) is 18.8. The highest BCUT2D eigenvalue weighted by atomic mass is 35.5. The fourth-order valence-corrected chi connectivity index (χ4v) is 5.42. The summed E-state index contributed by atoms with van der Waals surface area (Å²) in [6.07, 6.45) is 0. The second kappa shape index (κ2) is 11.1. The smallest absolute Gasteiger partial charge is 0.264 e. The number of aryl methyl sites for hydroxylation is 3. The predicted octanol–water partition coefficient (Wildman–Crippen LogP) is 5.37. The first kappa shape index (κ1) is 25.1. The maximum absolute atomic E-state index is 13.4. The van der Waals surface area contributed by atoms with Crippen LogP contribution in [0.15, 0.2) is 76.5 Å². The molecule has 0 heterocycles. The molecule has 3 aromatic carbocycles. The molecule has 33 heavy (non-hydrogen) atoms. The van der Waals surface area contributed by atoms with Gasteiger partial charge in [0.15, 0.2) is 0 Å². The Morgan fingerprint density at radius 1 is 0.939 bits per heavy atom. The summed E-state index contributed by atoms with van der Waals surface area (Å²) in [7, 11) is -3.96. The summed E-state index contributed by atoms with van der Waals surface area (Å²) in [6, 6.07) is 19.5. The molecule has 0 unspecified atom stereocenters. The van der Waals surface area contributed by atoms with Crippen molar-refractivity contribution in [3.8, 4) is 0 Å². The van der Waals surface area contributed by atoms with Crippen molar-refractivity contribution in [2.45, 2.75) is 30.6 Å². The van der Waals surface area contributed by atoms with Crippen molar-refractivity contribution in [1.29, 1.82) is 0 Å². The number of hydrogen-bond donors (Lipinski definition) is 1. The summed E-state index contributed by atoms with van der Waals surface area (Å²) < 4.78 is 28.0. The van der Waals surface area contributed by atoms with Gasteiger partial charge in [-0.1, -0.05) is 35.4 Å². The minimum atomic E-state index is -3.96. The molecular formula is C25H27ClN2O3S2. The Bertz CT molecular complexity index is 1210. The van der Waals surface area contributed by atoms with Crippen LogP contribution in [0.3, 0.4) is 0 Å². The van der Waals surface area contributed by atoms with Gasteiger partial charge in [0.25, 0.3) is 10.0 Å². The molecule has 0 spiro atoms. The summed E-state index contributed by atoms with van der Waals surface area (Å²) in [5.74, 6) is 0.317. The summed E-state index contributed by atoms with van der Waals surface area (Å²) in [4.78, 5) is 13.9. The van der Waals surface area contributed by atoms with E-state index in [1.165, 1.54) is 29.8 Å². The van der Waals surface area contributed by atoms with Crippen molar-refractivity contribution in [3.63, 3.8) is 0 Å². The highest BCUT2D eigenvalue weighted by molar-refractivity contribution is 7.99. The Balaban J connectivity index is 1.73. The van der Waals surface area contributed by atoms with Gasteiger partial charge in [-0.15, -0.1) is 11.8 Å². The van der Waals surface area contributed by atoms with E-state index in [1.807, 2.05) is 51.1 Å². The molecule has 3 rings (SSSR count). The molecule has 0 aliphatic carbocycles. The molecule has 3 aromatic rings. The van der Waals surface area contributed by atoms with Gasteiger partial charge in [-0.3, -0.25) is 9.10 Å². The van der Waals surface area contributed by atoms with Gasteiger partial charge >= 0.3 is 0 Å². The minimum absolute atomic E-state index is 0.0767. The van der Waals surface area contributed by atoms with E-state index in [0.717, 1.165) is 20.3 Å². The Kier molecular flexibility index (Phi) is 8.46. The number of halogens is 1. The monoisotopic (exact) mass is 502 g/mol. The van der Waals surface area contributed by atoms with Crippen molar-refractivity contribution >= 4 is 45.0 Å². The molecule has 8 heteroatoms. The van der Waals surface area contributed by atoms with Crippen LogP contribution >= 0.6 is 23.4 Å². The number of benzene rings is 3. The van der Waals surface area contributed by atoms with Crippen molar-refractivity contribution < 1.29 is 13.2 Å².